The number of aliphatic hydroxyl groups excluding tert-OH is 1. The fourth-order valence-corrected chi connectivity index (χ4v) is 3.50. The summed E-state index contributed by atoms with van der Waals surface area (Å²) < 4.78 is 0. The lowest BCUT2D eigenvalue weighted by atomic mass is 9.87. The largest absolute Gasteiger partial charge is 0.393 e. The van der Waals surface area contributed by atoms with E-state index in [9.17, 15) is 5.11 Å². The number of hydrogen-bond donors (Lipinski definition) is 1. The van der Waals surface area contributed by atoms with E-state index in [1.807, 2.05) is 0 Å². The van der Waals surface area contributed by atoms with Gasteiger partial charge in [-0.3, -0.25) is 4.90 Å². The molecular weight excluding hydrogens is 186 g/mol. The summed E-state index contributed by atoms with van der Waals surface area (Å²) in [6.45, 7) is 5.82. The minimum absolute atomic E-state index is 0.0191. The fourth-order valence-electron chi connectivity index (χ4n) is 3.50. The van der Waals surface area contributed by atoms with Crippen LogP contribution < -0.4 is 0 Å². The van der Waals surface area contributed by atoms with Gasteiger partial charge in [0, 0.05) is 18.0 Å². The quantitative estimate of drug-likeness (QED) is 0.758. The summed E-state index contributed by atoms with van der Waals surface area (Å²) in [4.78, 5) is 2.63. The normalized spacial score (nSPS) is 38.8. The van der Waals surface area contributed by atoms with Crippen molar-refractivity contribution in [3.63, 3.8) is 0 Å². The van der Waals surface area contributed by atoms with Crippen LogP contribution in [0.1, 0.15) is 52.4 Å². The van der Waals surface area contributed by atoms with Crippen LogP contribution in [-0.4, -0.2) is 34.7 Å². The van der Waals surface area contributed by atoms with E-state index in [0.717, 1.165) is 6.42 Å². The fraction of sp³-hybridized carbons (Fsp3) is 1.00. The second-order valence-corrected chi connectivity index (χ2v) is 5.56. The standard InChI is InChI=1S/C13H25NO/c1-10(2)14-9-4-3-7-12(14)11-6-5-8-13(11)15/h10-13,15H,3-9H2,1-2H3. The van der Waals surface area contributed by atoms with Crippen LogP contribution in [-0.2, 0) is 0 Å². The Balaban J connectivity index is 2.03. The van der Waals surface area contributed by atoms with Gasteiger partial charge in [-0.05, 0) is 46.1 Å². The third kappa shape index (κ3) is 2.36. The molecule has 2 nitrogen and oxygen atoms in total. The van der Waals surface area contributed by atoms with Crippen molar-refractivity contribution in [3.8, 4) is 0 Å². The molecule has 0 radical (unpaired) electrons. The average Bonchev–Trinajstić information content (AvgIpc) is 2.64. The zero-order valence-electron chi connectivity index (χ0n) is 10.2. The minimum Gasteiger partial charge on any atom is -0.393 e. The molecule has 2 aliphatic rings. The first-order valence-corrected chi connectivity index (χ1v) is 6.64. The highest BCUT2D eigenvalue weighted by molar-refractivity contribution is 4.91. The maximum atomic E-state index is 10.0. The van der Waals surface area contributed by atoms with Gasteiger partial charge in [-0.1, -0.05) is 12.8 Å². The summed E-state index contributed by atoms with van der Waals surface area (Å²) in [5, 5.41) is 10.0. The van der Waals surface area contributed by atoms with Crippen molar-refractivity contribution in [3.05, 3.63) is 0 Å². The Morgan fingerprint density at radius 3 is 2.47 bits per heavy atom. The molecule has 0 amide bonds. The maximum absolute atomic E-state index is 10.0. The Hall–Kier alpha value is -0.0800. The van der Waals surface area contributed by atoms with Gasteiger partial charge in [0.25, 0.3) is 0 Å². The van der Waals surface area contributed by atoms with Crippen molar-refractivity contribution in [2.45, 2.75) is 70.6 Å². The van der Waals surface area contributed by atoms with Crippen LogP contribution in [0.25, 0.3) is 0 Å². The second-order valence-electron chi connectivity index (χ2n) is 5.56. The van der Waals surface area contributed by atoms with E-state index in [0.29, 0.717) is 18.0 Å². The lowest BCUT2D eigenvalue weighted by Crippen LogP contribution is -2.49. The molecule has 1 N–H and O–H groups in total. The molecule has 1 saturated carbocycles. The SMILES string of the molecule is CC(C)N1CCCCC1C1CCCC1O. The van der Waals surface area contributed by atoms with Gasteiger partial charge in [-0.2, -0.15) is 0 Å². The molecule has 1 heterocycles. The molecular formula is C13H25NO. The van der Waals surface area contributed by atoms with Crippen molar-refractivity contribution in [1.29, 1.82) is 0 Å². The zero-order chi connectivity index (χ0) is 10.8. The van der Waals surface area contributed by atoms with Crippen LogP contribution in [0.4, 0.5) is 0 Å². The highest BCUT2D eigenvalue weighted by Gasteiger charge is 2.37. The highest BCUT2D eigenvalue weighted by atomic mass is 16.3. The maximum Gasteiger partial charge on any atom is 0.0583 e. The first kappa shape index (κ1) is 11.4. The molecule has 0 bridgehead atoms. The number of nitrogens with zero attached hydrogens (tertiary/aromatic N) is 1. The van der Waals surface area contributed by atoms with Crippen LogP contribution in [0.15, 0.2) is 0 Å². The molecule has 0 aromatic heterocycles. The summed E-state index contributed by atoms with van der Waals surface area (Å²) in [5.74, 6) is 0.563. The molecule has 2 rings (SSSR count). The van der Waals surface area contributed by atoms with Crippen LogP contribution in [0.3, 0.4) is 0 Å². The van der Waals surface area contributed by atoms with Crippen molar-refractivity contribution in [1.82, 2.24) is 4.90 Å². The molecule has 0 spiro atoms. The van der Waals surface area contributed by atoms with Gasteiger partial charge in [-0.15, -0.1) is 0 Å². The number of hydrogen-bond acceptors (Lipinski definition) is 2. The summed E-state index contributed by atoms with van der Waals surface area (Å²) in [6, 6.07) is 1.30. The van der Waals surface area contributed by atoms with Gasteiger partial charge < -0.3 is 5.11 Å². The van der Waals surface area contributed by atoms with Gasteiger partial charge >= 0.3 is 0 Å². The van der Waals surface area contributed by atoms with E-state index in [4.69, 9.17) is 0 Å². The van der Waals surface area contributed by atoms with Gasteiger partial charge in [0.1, 0.15) is 0 Å². The first-order valence-electron chi connectivity index (χ1n) is 6.64. The second kappa shape index (κ2) is 4.84. The summed E-state index contributed by atoms with van der Waals surface area (Å²) >= 11 is 0. The zero-order valence-corrected chi connectivity index (χ0v) is 10.2. The average molecular weight is 211 g/mol. The van der Waals surface area contributed by atoms with Crippen molar-refractivity contribution in [2.75, 3.05) is 6.54 Å². The molecule has 1 aliphatic carbocycles. The Bertz CT molecular complexity index is 203. The smallest absolute Gasteiger partial charge is 0.0583 e. The van der Waals surface area contributed by atoms with Crippen molar-refractivity contribution < 1.29 is 5.11 Å². The molecule has 0 aromatic rings. The molecule has 2 heteroatoms. The summed E-state index contributed by atoms with van der Waals surface area (Å²) in [5.41, 5.74) is 0. The lowest BCUT2D eigenvalue weighted by Gasteiger charge is -2.42. The highest BCUT2D eigenvalue weighted by Crippen LogP contribution is 2.35. The Kier molecular flexibility index (Phi) is 3.68. The molecule has 3 atom stereocenters. The lowest BCUT2D eigenvalue weighted by molar-refractivity contribution is 0.0195. The number of likely N-dealkylation sites (tertiary alicyclic amines) is 1. The predicted molar refractivity (Wildman–Crippen MR) is 62.8 cm³/mol. The van der Waals surface area contributed by atoms with E-state index < -0.39 is 0 Å². The number of piperidine rings is 1. The molecule has 88 valence electrons. The molecule has 15 heavy (non-hydrogen) atoms. The third-order valence-corrected chi connectivity index (χ3v) is 4.28. The molecule has 1 saturated heterocycles. The van der Waals surface area contributed by atoms with Gasteiger partial charge in [-0.25, -0.2) is 0 Å². The summed E-state index contributed by atoms with van der Waals surface area (Å²) in [7, 11) is 0. The van der Waals surface area contributed by atoms with Crippen LogP contribution in [0, 0.1) is 5.92 Å². The van der Waals surface area contributed by atoms with E-state index >= 15 is 0 Å². The van der Waals surface area contributed by atoms with Crippen LogP contribution >= 0.6 is 0 Å². The topological polar surface area (TPSA) is 23.5 Å². The van der Waals surface area contributed by atoms with Gasteiger partial charge in [0.2, 0.25) is 0 Å². The van der Waals surface area contributed by atoms with E-state index in [-0.39, 0.29) is 6.10 Å². The molecule has 3 unspecified atom stereocenters. The number of aliphatic hydroxyl groups is 1. The Morgan fingerprint density at radius 1 is 1.07 bits per heavy atom. The minimum atomic E-state index is -0.0191. The van der Waals surface area contributed by atoms with Crippen LogP contribution in [0.5, 0.6) is 0 Å². The van der Waals surface area contributed by atoms with Crippen molar-refractivity contribution >= 4 is 0 Å². The Morgan fingerprint density at radius 2 is 1.87 bits per heavy atom. The van der Waals surface area contributed by atoms with Gasteiger partial charge in [0.15, 0.2) is 0 Å². The van der Waals surface area contributed by atoms with Crippen molar-refractivity contribution in [2.24, 2.45) is 5.92 Å². The predicted octanol–water partition coefficient (Wildman–Crippen LogP) is 2.41. The van der Waals surface area contributed by atoms with Gasteiger partial charge in [0.05, 0.1) is 6.10 Å². The molecule has 1 aliphatic heterocycles. The molecule has 0 aromatic carbocycles. The monoisotopic (exact) mass is 211 g/mol. The van der Waals surface area contributed by atoms with E-state index in [1.165, 1.54) is 38.6 Å². The first-order chi connectivity index (χ1) is 7.20. The third-order valence-electron chi connectivity index (χ3n) is 4.28. The van der Waals surface area contributed by atoms with E-state index in [1.54, 1.807) is 0 Å². The van der Waals surface area contributed by atoms with Crippen LogP contribution in [0.2, 0.25) is 0 Å². The summed E-state index contributed by atoms with van der Waals surface area (Å²) in [6.07, 6.45) is 7.50. The Labute approximate surface area is 93.7 Å². The van der Waals surface area contributed by atoms with E-state index in [2.05, 4.69) is 18.7 Å². The number of rotatable bonds is 2. The molecule has 2 fully saturated rings.